The molecule has 17 heavy (non-hydrogen) atoms. The molecule has 2 rings (SSSR count). The first-order valence-electron chi connectivity index (χ1n) is 5.66. The van der Waals surface area contributed by atoms with Crippen molar-refractivity contribution in [1.29, 1.82) is 0 Å². The monoisotopic (exact) mass is 240 g/mol. The van der Waals surface area contributed by atoms with E-state index < -0.39 is 17.7 Å². The first-order valence-corrected chi connectivity index (χ1v) is 5.66. The van der Waals surface area contributed by atoms with Crippen LogP contribution < -0.4 is 0 Å². The predicted molar refractivity (Wildman–Crippen MR) is 58.2 cm³/mol. The van der Waals surface area contributed by atoms with Gasteiger partial charge in [0.05, 0.1) is 12.6 Å². The van der Waals surface area contributed by atoms with Crippen LogP contribution in [0.1, 0.15) is 33.6 Å². The highest BCUT2D eigenvalue weighted by molar-refractivity contribution is 6.03. The fourth-order valence-corrected chi connectivity index (χ4v) is 2.07. The Morgan fingerprint density at radius 2 is 2.00 bits per heavy atom. The number of urea groups is 1. The van der Waals surface area contributed by atoms with Crippen LogP contribution >= 0.6 is 0 Å². The second-order valence-electron chi connectivity index (χ2n) is 5.33. The van der Waals surface area contributed by atoms with Crippen LogP contribution in [0.15, 0.2) is 0 Å². The number of fused-ring (bicyclic) bond motifs is 1. The molecule has 2 aliphatic rings. The van der Waals surface area contributed by atoms with Gasteiger partial charge in [-0.05, 0) is 27.2 Å². The number of carbonyl (C=O) groups is 3. The molecule has 2 saturated heterocycles. The molecule has 0 aromatic carbocycles. The molecule has 0 radical (unpaired) electrons. The van der Waals surface area contributed by atoms with Crippen LogP contribution in [0, 0.1) is 0 Å². The van der Waals surface area contributed by atoms with Gasteiger partial charge in [-0.2, -0.15) is 0 Å². The number of nitrogens with zero attached hydrogens (tertiary/aromatic N) is 2. The van der Waals surface area contributed by atoms with Crippen molar-refractivity contribution in [2.45, 2.75) is 45.3 Å². The third kappa shape index (κ3) is 2.11. The molecule has 0 aromatic rings. The van der Waals surface area contributed by atoms with Crippen LogP contribution in [0.2, 0.25) is 0 Å². The summed E-state index contributed by atoms with van der Waals surface area (Å²) >= 11 is 0. The SMILES string of the molecule is CC(C)(C)OC(=O)N1C[C@@H]2CCC(=O)N2C1=O. The minimum absolute atomic E-state index is 0.164. The van der Waals surface area contributed by atoms with Crippen molar-refractivity contribution in [2.24, 2.45) is 0 Å². The summed E-state index contributed by atoms with van der Waals surface area (Å²) in [7, 11) is 0. The van der Waals surface area contributed by atoms with Crippen molar-refractivity contribution in [3.8, 4) is 0 Å². The number of hydrogen-bond donors (Lipinski definition) is 0. The summed E-state index contributed by atoms with van der Waals surface area (Å²) in [6.45, 7) is 5.45. The summed E-state index contributed by atoms with van der Waals surface area (Å²) in [5.41, 5.74) is -0.644. The molecule has 2 aliphatic heterocycles. The van der Waals surface area contributed by atoms with Gasteiger partial charge in [-0.15, -0.1) is 0 Å². The van der Waals surface area contributed by atoms with Crippen LogP contribution in [0.5, 0.6) is 0 Å². The lowest BCUT2D eigenvalue weighted by atomic mass is 10.2. The van der Waals surface area contributed by atoms with Crippen molar-refractivity contribution in [3.05, 3.63) is 0 Å². The van der Waals surface area contributed by atoms with E-state index in [9.17, 15) is 14.4 Å². The highest BCUT2D eigenvalue weighted by atomic mass is 16.6. The summed E-state index contributed by atoms with van der Waals surface area (Å²) in [4.78, 5) is 37.2. The zero-order valence-corrected chi connectivity index (χ0v) is 10.2. The molecule has 94 valence electrons. The van der Waals surface area contributed by atoms with E-state index in [1.807, 2.05) is 0 Å². The molecule has 0 unspecified atom stereocenters. The largest absolute Gasteiger partial charge is 0.443 e. The lowest BCUT2D eigenvalue weighted by molar-refractivity contribution is -0.125. The van der Waals surface area contributed by atoms with E-state index in [0.717, 1.165) is 4.90 Å². The zero-order valence-electron chi connectivity index (χ0n) is 10.2. The maximum Gasteiger partial charge on any atom is 0.418 e. The van der Waals surface area contributed by atoms with E-state index in [-0.39, 0.29) is 18.5 Å². The smallest absolute Gasteiger partial charge is 0.418 e. The highest BCUT2D eigenvalue weighted by Gasteiger charge is 2.48. The van der Waals surface area contributed by atoms with Gasteiger partial charge < -0.3 is 4.74 Å². The maximum absolute atomic E-state index is 11.9. The molecule has 2 heterocycles. The Hall–Kier alpha value is -1.59. The van der Waals surface area contributed by atoms with E-state index >= 15 is 0 Å². The van der Waals surface area contributed by atoms with Gasteiger partial charge in [-0.3, -0.25) is 9.69 Å². The van der Waals surface area contributed by atoms with E-state index in [1.54, 1.807) is 20.8 Å². The standard InChI is InChI=1S/C11H16N2O4/c1-11(2,3)17-10(16)12-6-7-4-5-8(14)13(7)9(12)15/h7H,4-6H2,1-3H3/t7-/m0/s1. The minimum atomic E-state index is -0.676. The lowest BCUT2D eigenvalue weighted by Crippen LogP contribution is -2.41. The topological polar surface area (TPSA) is 66.9 Å². The maximum atomic E-state index is 11.9. The van der Waals surface area contributed by atoms with Crippen molar-refractivity contribution in [3.63, 3.8) is 0 Å². The molecule has 4 amide bonds. The first kappa shape index (κ1) is 11.9. The molecule has 0 aromatic heterocycles. The van der Waals surface area contributed by atoms with E-state index in [4.69, 9.17) is 4.74 Å². The van der Waals surface area contributed by atoms with Gasteiger partial charge in [0, 0.05) is 6.42 Å². The van der Waals surface area contributed by atoms with Gasteiger partial charge in [0.15, 0.2) is 0 Å². The van der Waals surface area contributed by atoms with Crippen LogP contribution in [0.4, 0.5) is 9.59 Å². The summed E-state index contributed by atoms with van der Waals surface area (Å²) < 4.78 is 5.12. The zero-order chi connectivity index (χ0) is 12.8. The van der Waals surface area contributed by atoms with E-state index in [0.29, 0.717) is 12.8 Å². The van der Waals surface area contributed by atoms with Gasteiger partial charge in [-0.25, -0.2) is 14.5 Å². The number of amides is 4. The van der Waals surface area contributed by atoms with E-state index in [2.05, 4.69) is 0 Å². The lowest BCUT2D eigenvalue weighted by Gasteiger charge is -2.23. The molecule has 0 saturated carbocycles. The Bertz CT molecular complexity index is 385. The Labute approximate surface area is 99.5 Å². The second-order valence-corrected chi connectivity index (χ2v) is 5.33. The average Bonchev–Trinajstić information content (AvgIpc) is 2.66. The van der Waals surface area contributed by atoms with Crippen LogP contribution in [-0.4, -0.2) is 46.0 Å². The fourth-order valence-electron chi connectivity index (χ4n) is 2.07. The quantitative estimate of drug-likeness (QED) is 0.641. The molecule has 1 atom stereocenters. The molecule has 0 N–H and O–H groups in total. The van der Waals surface area contributed by atoms with Crippen molar-refractivity contribution in [1.82, 2.24) is 9.80 Å². The van der Waals surface area contributed by atoms with Crippen LogP contribution in [0.25, 0.3) is 0 Å². The molecule has 6 heteroatoms. The van der Waals surface area contributed by atoms with Gasteiger partial charge in [0.25, 0.3) is 0 Å². The highest BCUT2D eigenvalue weighted by Crippen LogP contribution is 2.28. The Kier molecular flexibility index (Phi) is 2.60. The Morgan fingerprint density at radius 3 is 2.53 bits per heavy atom. The first-order chi connectivity index (χ1) is 7.79. The van der Waals surface area contributed by atoms with Crippen LogP contribution in [0.3, 0.4) is 0 Å². The molecule has 0 bridgehead atoms. The van der Waals surface area contributed by atoms with Gasteiger partial charge >= 0.3 is 12.1 Å². The third-order valence-corrected chi connectivity index (χ3v) is 2.77. The van der Waals surface area contributed by atoms with Crippen molar-refractivity contribution >= 4 is 18.0 Å². The van der Waals surface area contributed by atoms with Crippen molar-refractivity contribution in [2.75, 3.05) is 6.54 Å². The van der Waals surface area contributed by atoms with Crippen molar-refractivity contribution < 1.29 is 19.1 Å². The fraction of sp³-hybridized carbons (Fsp3) is 0.727. The van der Waals surface area contributed by atoms with E-state index in [1.165, 1.54) is 4.90 Å². The van der Waals surface area contributed by atoms with Gasteiger partial charge in [0.2, 0.25) is 5.91 Å². The minimum Gasteiger partial charge on any atom is -0.443 e. The molecular formula is C11H16N2O4. The summed E-state index contributed by atoms with van der Waals surface area (Å²) in [5.74, 6) is -0.203. The Morgan fingerprint density at radius 1 is 1.35 bits per heavy atom. The molecule has 6 nitrogen and oxygen atoms in total. The van der Waals surface area contributed by atoms with Gasteiger partial charge in [0.1, 0.15) is 5.60 Å². The number of hydrogen-bond acceptors (Lipinski definition) is 4. The second kappa shape index (κ2) is 3.72. The van der Waals surface area contributed by atoms with Crippen LogP contribution in [-0.2, 0) is 9.53 Å². The molecule has 0 spiro atoms. The van der Waals surface area contributed by atoms with Gasteiger partial charge in [-0.1, -0.05) is 0 Å². The number of carbonyl (C=O) groups excluding carboxylic acids is 3. The summed E-state index contributed by atoms with van der Waals surface area (Å²) in [5, 5.41) is 0. The third-order valence-electron chi connectivity index (χ3n) is 2.77. The predicted octanol–water partition coefficient (Wildman–Crippen LogP) is 1.35. The number of imide groups is 2. The molecular weight excluding hydrogens is 224 g/mol. The molecule has 0 aliphatic carbocycles. The summed E-state index contributed by atoms with van der Waals surface area (Å²) in [6.07, 6.45) is 0.340. The number of rotatable bonds is 0. The summed E-state index contributed by atoms with van der Waals surface area (Å²) in [6, 6.07) is -0.714. The number of ether oxygens (including phenoxy) is 1. The molecule has 2 fully saturated rings. The normalized spacial score (nSPS) is 24.3. The Balaban J connectivity index is 2.08. The average molecular weight is 240 g/mol.